The first kappa shape index (κ1) is 25.8. The van der Waals surface area contributed by atoms with Gasteiger partial charge in [-0.3, -0.25) is 0 Å². The Hall–Kier alpha value is -1.42. The highest BCUT2D eigenvalue weighted by Crippen LogP contribution is 2.67. The van der Waals surface area contributed by atoms with Gasteiger partial charge >= 0.3 is 0 Å². The number of hydrogen-bond donors (Lipinski definition) is 0. The molecule has 0 saturated heterocycles. The first-order chi connectivity index (χ1) is 17.7. The van der Waals surface area contributed by atoms with E-state index in [1.807, 2.05) is 6.33 Å². The molecule has 5 heteroatoms. The number of fused-ring (bicyclic) bond motifs is 6. The lowest BCUT2D eigenvalue weighted by molar-refractivity contribution is -0.0522. The van der Waals surface area contributed by atoms with Gasteiger partial charge in [0.15, 0.2) is 10.8 Å². The number of nitrogens with zero attached hydrogens (tertiary/aromatic N) is 4. The first-order valence-electron chi connectivity index (χ1n) is 15.2. The molecule has 2 heterocycles. The molecule has 0 bridgehead atoms. The van der Waals surface area contributed by atoms with Crippen LogP contribution in [0.1, 0.15) is 111 Å². The highest BCUT2D eigenvalue weighted by atomic mass is 35.5. The van der Waals surface area contributed by atoms with E-state index >= 15 is 0 Å². The van der Waals surface area contributed by atoms with Gasteiger partial charge in [-0.2, -0.15) is 0 Å². The Balaban J connectivity index is 1.20. The molecule has 202 valence electrons. The van der Waals surface area contributed by atoms with Crippen molar-refractivity contribution in [3.8, 4) is 0 Å². The number of rotatable bonds is 6. The standard InChI is InChI=1S/C32H47ClN4/c1-20(2)7-6-8-21(3)25-11-12-26-24-10-9-22-17-23(37-19-36-28-29(33)34-18-35-30(28)37)13-15-31(22,4)27(24)14-16-32(25,26)5/h9,18-21,23-27H,6-8,10-17H2,1-5H3/t21-,23-,24+,25-,26+,27+,31+,32-/m1/s1. The average molecular weight is 523 g/mol. The molecule has 6 rings (SSSR count). The highest BCUT2D eigenvalue weighted by molar-refractivity contribution is 6.33. The van der Waals surface area contributed by atoms with E-state index in [1.165, 1.54) is 64.2 Å². The summed E-state index contributed by atoms with van der Waals surface area (Å²) in [5, 5.41) is 0.457. The van der Waals surface area contributed by atoms with Crippen molar-refractivity contribution >= 4 is 22.8 Å². The topological polar surface area (TPSA) is 43.6 Å². The van der Waals surface area contributed by atoms with Crippen LogP contribution in [-0.4, -0.2) is 19.5 Å². The molecule has 0 spiro atoms. The van der Waals surface area contributed by atoms with Crippen molar-refractivity contribution in [3.63, 3.8) is 0 Å². The zero-order valence-corrected chi connectivity index (χ0v) is 24.5. The molecule has 4 aliphatic carbocycles. The van der Waals surface area contributed by atoms with Crippen LogP contribution in [0, 0.1) is 46.3 Å². The van der Waals surface area contributed by atoms with Crippen LogP contribution in [0.4, 0.5) is 0 Å². The Labute approximate surface area is 229 Å². The molecule has 0 aromatic carbocycles. The van der Waals surface area contributed by atoms with Crippen LogP contribution in [-0.2, 0) is 0 Å². The van der Waals surface area contributed by atoms with Crippen molar-refractivity contribution in [2.45, 2.75) is 111 Å². The van der Waals surface area contributed by atoms with E-state index in [0.717, 1.165) is 53.1 Å². The maximum atomic E-state index is 6.30. The third kappa shape index (κ3) is 4.19. The van der Waals surface area contributed by atoms with Gasteiger partial charge < -0.3 is 4.57 Å². The van der Waals surface area contributed by atoms with Crippen LogP contribution in [0.5, 0.6) is 0 Å². The second-order valence-electron chi connectivity index (χ2n) is 14.2. The van der Waals surface area contributed by atoms with E-state index in [1.54, 1.807) is 11.9 Å². The number of halogens is 1. The zero-order valence-electron chi connectivity index (χ0n) is 23.7. The molecule has 2 aromatic rings. The van der Waals surface area contributed by atoms with E-state index < -0.39 is 0 Å². The third-order valence-corrected chi connectivity index (χ3v) is 12.3. The normalized spacial score (nSPS) is 38.2. The molecular weight excluding hydrogens is 476 g/mol. The van der Waals surface area contributed by atoms with Gasteiger partial charge in [0.25, 0.3) is 0 Å². The highest BCUT2D eigenvalue weighted by Gasteiger charge is 2.59. The molecule has 0 radical (unpaired) electrons. The molecule has 3 fully saturated rings. The van der Waals surface area contributed by atoms with Crippen LogP contribution in [0.2, 0.25) is 5.15 Å². The summed E-state index contributed by atoms with van der Waals surface area (Å²) in [6.45, 7) is 12.7. The second kappa shape index (κ2) is 9.65. The summed E-state index contributed by atoms with van der Waals surface area (Å²) in [7, 11) is 0. The number of aromatic nitrogens is 4. The molecule has 0 unspecified atom stereocenters. The van der Waals surface area contributed by atoms with Crippen molar-refractivity contribution in [1.82, 2.24) is 19.5 Å². The minimum absolute atomic E-state index is 0.366. The Morgan fingerprint density at radius 1 is 1.00 bits per heavy atom. The van der Waals surface area contributed by atoms with E-state index in [9.17, 15) is 0 Å². The molecule has 8 atom stereocenters. The van der Waals surface area contributed by atoms with Gasteiger partial charge in [0.2, 0.25) is 0 Å². The number of allylic oxidation sites excluding steroid dienone is 2. The van der Waals surface area contributed by atoms with Crippen molar-refractivity contribution in [2.75, 3.05) is 0 Å². The molecule has 0 N–H and O–H groups in total. The molecule has 2 aromatic heterocycles. The monoisotopic (exact) mass is 522 g/mol. The Bertz CT molecular complexity index is 1170. The predicted octanol–water partition coefficient (Wildman–Crippen LogP) is 9.06. The molecular formula is C32H47ClN4. The molecule has 0 aliphatic heterocycles. The van der Waals surface area contributed by atoms with Crippen LogP contribution in [0.15, 0.2) is 24.3 Å². The van der Waals surface area contributed by atoms with Crippen molar-refractivity contribution in [2.24, 2.45) is 46.3 Å². The summed E-state index contributed by atoms with van der Waals surface area (Å²) in [4.78, 5) is 13.2. The maximum Gasteiger partial charge on any atom is 0.165 e. The van der Waals surface area contributed by atoms with Crippen molar-refractivity contribution in [3.05, 3.63) is 29.5 Å². The van der Waals surface area contributed by atoms with Crippen LogP contribution in [0.3, 0.4) is 0 Å². The summed E-state index contributed by atoms with van der Waals surface area (Å²) < 4.78 is 2.27. The minimum atomic E-state index is 0.366. The summed E-state index contributed by atoms with van der Waals surface area (Å²) >= 11 is 6.30. The lowest BCUT2D eigenvalue weighted by Crippen LogP contribution is -2.50. The van der Waals surface area contributed by atoms with Gasteiger partial charge in [-0.1, -0.05) is 77.1 Å². The lowest BCUT2D eigenvalue weighted by atomic mass is 9.47. The van der Waals surface area contributed by atoms with Gasteiger partial charge in [-0.25, -0.2) is 15.0 Å². The minimum Gasteiger partial charge on any atom is -0.312 e. The van der Waals surface area contributed by atoms with Gasteiger partial charge in [0, 0.05) is 6.04 Å². The number of hydrogen-bond acceptors (Lipinski definition) is 3. The van der Waals surface area contributed by atoms with Crippen LogP contribution < -0.4 is 0 Å². The van der Waals surface area contributed by atoms with E-state index in [-0.39, 0.29) is 0 Å². The molecule has 0 amide bonds. The fourth-order valence-corrected chi connectivity index (χ4v) is 10.2. The third-order valence-electron chi connectivity index (χ3n) is 12.0. The second-order valence-corrected chi connectivity index (χ2v) is 14.5. The first-order valence-corrected chi connectivity index (χ1v) is 15.6. The SMILES string of the molecule is CC(C)CCC[C@@H](C)[C@H]1CC[C@H]2[C@@H]3CC=C4C[C@H](n5cnc6c(Cl)ncnc65)CC[C@]4(C)[C@H]3CC[C@]12C. The maximum absolute atomic E-state index is 6.30. The van der Waals surface area contributed by atoms with Crippen LogP contribution in [0.25, 0.3) is 11.2 Å². The van der Waals surface area contributed by atoms with Crippen LogP contribution >= 0.6 is 11.6 Å². The summed E-state index contributed by atoms with van der Waals surface area (Å²) in [6.07, 6.45) is 21.2. The fourth-order valence-electron chi connectivity index (χ4n) is 9.99. The number of imidazole rings is 1. The fraction of sp³-hybridized carbons (Fsp3) is 0.781. The Kier molecular flexibility index (Phi) is 6.74. The van der Waals surface area contributed by atoms with Gasteiger partial charge in [0.1, 0.15) is 11.8 Å². The molecule has 4 aliphatic rings. The summed E-state index contributed by atoms with van der Waals surface area (Å²) in [5.41, 5.74) is 4.26. The van der Waals surface area contributed by atoms with Gasteiger partial charge in [0.05, 0.1) is 6.33 Å². The van der Waals surface area contributed by atoms with E-state index in [0.29, 0.717) is 22.0 Å². The van der Waals surface area contributed by atoms with Crippen molar-refractivity contribution in [1.29, 1.82) is 0 Å². The zero-order chi connectivity index (χ0) is 25.9. The largest absolute Gasteiger partial charge is 0.312 e. The summed E-state index contributed by atoms with van der Waals surface area (Å²) in [5.74, 6) is 5.33. The molecule has 3 saturated carbocycles. The Morgan fingerprint density at radius 2 is 1.84 bits per heavy atom. The summed E-state index contributed by atoms with van der Waals surface area (Å²) in [6, 6.07) is 0.420. The van der Waals surface area contributed by atoms with E-state index in [2.05, 4.69) is 60.2 Å². The quantitative estimate of drug-likeness (QED) is 0.280. The predicted molar refractivity (Wildman–Crippen MR) is 152 cm³/mol. The smallest absolute Gasteiger partial charge is 0.165 e. The van der Waals surface area contributed by atoms with E-state index in [4.69, 9.17) is 11.6 Å². The average Bonchev–Trinajstić information content (AvgIpc) is 3.45. The van der Waals surface area contributed by atoms with Gasteiger partial charge in [-0.15, -0.1) is 0 Å². The van der Waals surface area contributed by atoms with Crippen molar-refractivity contribution < 1.29 is 0 Å². The molecule has 37 heavy (non-hydrogen) atoms. The van der Waals surface area contributed by atoms with Gasteiger partial charge in [-0.05, 0) is 97.7 Å². The Morgan fingerprint density at radius 3 is 2.65 bits per heavy atom. The lowest BCUT2D eigenvalue weighted by Gasteiger charge is -2.58. The molecule has 4 nitrogen and oxygen atoms in total.